The zero-order valence-electron chi connectivity index (χ0n) is 12.9. The van der Waals surface area contributed by atoms with Gasteiger partial charge in [0.15, 0.2) is 0 Å². The molecule has 1 heterocycles. The van der Waals surface area contributed by atoms with E-state index in [-0.39, 0.29) is 5.82 Å². The van der Waals surface area contributed by atoms with Gasteiger partial charge in [-0.05, 0) is 26.0 Å². The standard InChI is InChI=1S/C17H24FN3/c1-14(2)21-10-8-20(9-11-21)13-16-6-5-15(4-3-7-19)12-17(16)18/h5-6,12,14H,7-11,13,19H2,1-2H3. The third-order valence-corrected chi connectivity index (χ3v) is 3.92. The molecule has 2 N–H and O–H groups in total. The SMILES string of the molecule is CC(C)N1CCN(Cc2ccc(C#CCN)cc2F)CC1. The maximum absolute atomic E-state index is 14.1. The Hall–Kier alpha value is -1.41. The first-order chi connectivity index (χ1) is 10.1. The first kappa shape index (κ1) is 16.0. The maximum atomic E-state index is 14.1. The fourth-order valence-corrected chi connectivity index (χ4v) is 2.59. The highest BCUT2D eigenvalue weighted by atomic mass is 19.1. The zero-order chi connectivity index (χ0) is 15.2. The van der Waals surface area contributed by atoms with Gasteiger partial charge in [0.05, 0.1) is 6.54 Å². The van der Waals surface area contributed by atoms with Gasteiger partial charge in [0.25, 0.3) is 0 Å². The molecule has 1 aromatic rings. The second kappa shape index (κ2) is 7.56. The summed E-state index contributed by atoms with van der Waals surface area (Å²) < 4.78 is 14.1. The summed E-state index contributed by atoms with van der Waals surface area (Å²) in [4.78, 5) is 4.76. The van der Waals surface area contributed by atoms with Crippen LogP contribution in [0.5, 0.6) is 0 Å². The topological polar surface area (TPSA) is 32.5 Å². The van der Waals surface area contributed by atoms with Crippen LogP contribution in [0.3, 0.4) is 0 Å². The molecule has 114 valence electrons. The van der Waals surface area contributed by atoms with Crippen LogP contribution in [-0.4, -0.2) is 48.6 Å². The molecule has 3 nitrogen and oxygen atoms in total. The molecule has 1 aromatic carbocycles. The van der Waals surface area contributed by atoms with Gasteiger partial charge in [-0.1, -0.05) is 17.9 Å². The molecule has 0 aromatic heterocycles. The van der Waals surface area contributed by atoms with Crippen LogP contribution >= 0.6 is 0 Å². The zero-order valence-corrected chi connectivity index (χ0v) is 12.9. The largest absolute Gasteiger partial charge is 0.320 e. The number of hydrogen-bond acceptors (Lipinski definition) is 3. The molecule has 4 heteroatoms. The molecule has 1 fully saturated rings. The van der Waals surface area contributed by atoms with Crippen LogP contribution in [0.2, 0.25) is 0 Å². The summed E-state index contributed by atoms with van der Waals surface area (Å²) in [6.07, 6.45) is 0. The summed E-state index contributed by atoms with van der Waals surface area (Å²) in [6, 6.07) is 5.79. The summed E-state index contributed by atoms with van der Waals surface area (Å²) >= 11 is 0. The van der Waals surface area contributed by atoms with E-state index in [1.54, 1.807) is 0 Å². The number of halogens is 1. The van der Waals surface area contributed by atoms with Crippen molar-refractivity contribution in [3.63, 3.8) is 0 Å². The number of nitrogens with two attached hydrogens (primary N) is 1. The molecule has 21 heavy (non-hydrogen) atoms. The van der Waals surface area contributed by atoms with Gasteiger partial charge in [-0.15, -0.1) is 0 Å². The van der Waals surface area contributed by atoms with Gasteiger partial charge < -0.3 is 5.73 Å². The third-order valence-electron chi connectivity index (χ3n) is 3.92. The predicted molar refractivity (Wildman–Crippen MR) is 84.3 cm³/mol. The summed E-state index contributed by atoms with van der Waals surface area (Å²) in [6.45, 7) is 9.50. The lowest BCUT2D eigenvalue weighted by molar-refractivity contribution is 0.103. The van der Waals surface area contributed by atoms with E-state index in [0.29, 0.717) is 24.7 Å². The van der Waals surface area contributed by atoms with Gasteiger partial charge in [-0.2, -0.15) is 0 Å². The van der Waals surface area contributed by atoms with Gasteiger partial charge in [0, 0.05) is 49.9 Å². The number of hydrogen-bond donors (Lipinski definition) is 1. The number of nitrogens with zero attached hydrogens (tertiary/aromatic N) is 2. The summed E-state index contributed by atoms with van der Waals surface area (Å²) in [5, 5.41) is 0. The lowest BCUT2D eigenvalue weighted by atomic mass is 10.1. The minimum Gasteiger partial charge on any atom is -0.320 e. The van der Waals surface area contributed by atoms with Crippen LogP contribution < -0.4 is 5.73 Å². The highest BCUT2D eigenvalue weighted by Crippen LogP contribution is 2.14. The monoisotopic (exact) mass is 289 g/mol. The fraction of sp³-hybridized carbons (Fsp3) is 0.529. The van der Waals surface area contributed by atoms with Crippen LogP contribution in [-0.2, 0) is 6.54 Å². The Morgan fingerprint density at radius 1 is 1.24 bits per heavy atom. The molecular formula is C17H24FN3. The van der Waals surface area contributed by atoms with Crippen molar-refractivity contribution < 1.29 is 4.39 Å². The average molecular weight is 289 g/mol. The summed E-state index contributed by atoms with van der Waals surface area (Å²) in [5.74, 6) is 5.43. The molecule has 0 bridgehead atoms. The molecule has 1 aliphatic heterocycles. The Balaban J connectivity index is 1.95. The van der Waals surface area contributed by atoms with E-state index in [1.807, 2.05) is 12.1 Å². The van der Waals surface area contributed by atoms with Crippen molar-refractivity contribution in [3.05, 3.63) is 35.1 Å². The lowest BCUT2D eigenvalue weighted by Crippen LogP contribution is -2.48. The molecule has 1 aliphatic rings. The second-order valence-corrected chi connectivity index (χ2v) is 5.72. The lowest BCUT2D eigenvalue weighted by Gasteiger charge is -2.37. The Labute approximate surface area is 126 Å². The van der Waals surface area contributed by atoms with Gasteiger partial charge in [-0.25, -0.2) is 4.39 Å². The predicted octanol–water partition coefficient (Wildman–Crippen LogP) is 1.66. The highest BCUT2D eigenvalue weighted by molar-refractivity contribution is 5.37. The normalized spacial score (nSPS) is 16.8. The van der Waals surface area contributed by atoms with Crippen LogP contribution in [0.1, 0.15) is 25.0 Å². The van der Waals surface area contributed by atoms with Crippen molar-refractivity contribution in [2.45, 2.75) is 26.4 Å². The number of piperazine rings is 1. The van der Waals surface area contributed by atoms with Gasteiger partial charge in [0.1, 0.15) is 5.82 Å². The van der Waals surface area contributed by atoms with Crippen LogP contribution in [0.4, 0.5) is 4.39 Å². The minimum absolute atomic E-state index is 0.176. The van der Waals surface area contributed by atoms with Gasteiger partial charge in [-0.3, -0.25) is 9.80 Å². The van der Waals surface area contributed by atoms with Crippen LogP contribution in [0, 0.1) is 17.7 Å². The Kier molecular flexibility index (Phi) is 5.75. The smallest absolute Gasteiger partial charge is 0.128 e. The van der Waals surface area contributed by atoms with Crippen molar-refractivity contribution in [3.8, 4) is 11.8 Å². The molecular weight excluding hydrogens is 265 g/mol. The van der Waals surface area contributed by atoms with Crippen molar-refractivity contribution in [2.75, 3.05) is 32.7 Å². The van der Waals surface area contributed by atoms with Crippen molar-refractivity contribution in [1.82, 2.24) is 9.80 Å². The highest BCUT2D eigenvalue weighted by Gasteiger charge is 2.19. The van der Waals surface area contributed by atoms with E-state index in [0.717, 1.165) is 31.7 Å². The Morgan fingerprint density at radius 3 is 2.52 bits per heavy atom. The third kappa shape index (κ3) is 4.53. The quantitative estimate of drug-likeness (QED) is 0.859. The van der Waals surface area contributed by atoms with E-state index >= 15 is 0 Å². The van der Waals surface area contributed by atoms with Gasteiger partial charge in [0.2, 0.25) is 0 Å². The summed E-state index contributed by atoms with van der Waals surface area (Å²) in [5.41, 5.74) is 6.75. The molecule has 0 atom stereocenters. The molecule has 0 radical (unpaired) electrons. The fourth-order valence-electron chi connectivity index (χ4n) is 2.59. The van der Waals surface area contributed by atoms with Crippen LogP contribution in [0.25, 0.3) is 0 Å². The van der Waals surface area contributed by atoms with E-state index < -0.39 is 0 Å². The van der Waals surface area contributed by atoms with Crippen LogP contribution in [0.15, 0.2) is 18.2 Å². The van der Waals surface area contributed by atoms with Crippen molar-refractivity contribution >= 4 is 0 Å². The Bertz CT molecular complexity index is 523. The molecule has 0 aliphatic carbocycles. The molecule has 0 amide bonds. The second-order valence-electron chi connectivity index (χ2n) is 5.72. The molecule has 0 saturated carbocycles. The molecule has 0 spiro atoms. The number of benzene rings is 1. The van der Waals surface area contributed by atoms with E-state index in [4.69, 9.17) is 5.73 Å². The average Bonchev–Trinajstić information content (AvgIpc) is 2.48. The molecule has 2 rings (SSSR count). The van der Waals surface area contributed by atoms with E-state index in [9.17, 15) is 4.39 Å². The van der Waals surface area contributed by atoms with E-state index in [1.165, 1.54) is 6.07 Å². The molecule has 0 unspecified atom stereocenters. The van der Waals surface area contributed by atoms with Gasteiger partial charge >= 0.3 is 0 Å². The maximum Gasteiger partial charge on any atom is 0.128 e. The Morgan fingerprint density at radius 2 is 1.95 bits per heavy atom. The number of rotatable bonds is 3. The van der Waals surface area contributed by atoms with Crippen molar-refractivity contribution in [1.29, 1.82) is 0 Å². The first-order valence-electron chi connectivity index (χ1n) is 7.54. The van der Waals surface area contributed by atoms with E-state index in [2.05, 4.69) is 35.5 Å². The summed E-state index contributed by atoms with van der Waals surface area (Å²) in [7, 11) is 0. The first-order valence-corrected chi connectivity index (χ1v) is 7.54. The minimum atomic E-state index is -0.176. The molecule has 1 saturated heterocycles. The van der Waals surface area contributed by atoms with Crippen molar-refractivity contribution in [2.24, 2.45) is 5.73 Å².